The number of hydrogen-bond donors (Lipinski definition) is 1. The molecule has 0 aliphatic heterocycles. The maximum Gasteiger partial charge on any atom is 0.233 e. The van der Waals surface area contributed by atoms with Crippen molar-refractivity contribution in [2.75, 3.05) is 12.4 Å². The van der Waals surface area contributed by atoms with Crippen LogP contribution in [0.2, 0.25) is 0 Å². The second kappa shape index (κ2) is 5.82. The van der Waals surface area contributed by atoms with E-state index in [1.54, 1.807) is 19.5 Å². The number of anilines is 1. The molecule has 0 fully saturated rings. The smallest absolute Gasteiger partial charge is 0.233 e. The lowest BCUT2D eigenvalue weighted by Crippen LogP contribution is -2.03. The van der Waals surface area contributed by atoms with Gasteiger partial charge in [0.25, 0.3) is 0 Å². The molecule has 0 saturated heterocycles. The van der Waals surface area contributed by atoms with Gasteiger partial charge in [0.2, 0.25) is 5.88 Å². The Morgan fingerprint density at radius 2 is 2.17 bits per heavy atom. The molecule has 1 aromatic heterocycles. The first-order valence-electron chi connectivity index (χ1n) is 5.54. The van der Waals surface area contributed by atoms with E-state index in [1.165, 1.54) is 11.1 Å². The zero-order valence-corrected chi connectivity index (χ0v) is 11.9. The maximum absolute atomic E-state index is 5.02. The minimum absolute atomic E-state index is 0.506. The van der Waals surface area contributed by atoms with Gasteiger partial charge in [0.15, 0.2) is 0 Å². The number of nitrogens with one attached hydrogen (secondary N) is 1. The molecule has 94 valence electrons. The van der Waals surface area contributed by atoms with Gasteiger partial charge in [-0.05, 0) is 24.1 Å². The fourth-order valence-electron chi connectivity index (χ4n) is 1.54. The number of halogens is 1. The molecule has 18 heavy (non-hydrogen) atoms. The zero-order valence-electron chi connectivity index (χ0n) is 10.3. The van der Waals surface area contributed by atoms with Gasteiger partial charge in [-0.25, -0.2) is 0 Å². The lowest BCUT2D eigenvalue weighted by molar-refractivity contribution is 0.396. The third-order valence-electron chi connectivity index (χ3n) is 2.52. The van der Waals surface area contributed by atoms with Gasteiger partial charge in [-0.15, -0.1) is 0 Å². The number of hydrogen-bond acceptors (Lipinski definition) is 4. The van der Waals surface area contributed by atoms with Crippen molar-refractivity contribution in [3.63, 3.8) is 0 Å². The highest BCUT2D eigenvalue weighted by Gasteiger charge is 2.00. The highest BCUT2D eigenvalue weighted by Crippen LogP contribution is 2.18. The van der Waals surface area contributed by atoms with Crippen LogP contribution in [0.1, 0.15) is 11.1 Å². The molecule has 2 rings (SSSR count). The molecule has 0 aliphatic rings. The molecule has 1 N–H and O–H groups in total. The average molecular weight is 308 g/mol. The molecule has 2 aromatic rings. The molecular formula is C13H14BrN3O. The molecular weight excluding hydrogens is 294 g/mol. The predicted molar refractivity (Wildman–Crippen MR) is 74.8 cm³/mol. The van der Waals surface area contributed by atoms with Gasteiger partial charge in [-0.1, -0.05) is 28.1 Å². The van der Waals surface area contributed by atoms with Crippen molar-refractivity contribution in [3.05, 3.63) is 46.2 Å². The number of nitrogens with zero attached hydrogens (tertiary/aromatic N) is 2. The Hall–Kier alpha value is -1.62. The topological polar surface area (TPSA) is 47.0 Å². The molecule has 0 aliphatic carbocycles. The molecule has 0 unspecified atom stereocenters. The van der Waals surface area contributed by atoms with Crippen LogP contribution in [0.3, 0.4) is 0 Å². The third-order valence-corrected chi connectivity index (χ3v) is 3.41. The Labute approximate surface area is 115 Å². The quantitative estimate of drug-likeness (QED) is 0.942. The van der Waals surface area contributed by atoms with Crippen LogP contribution in [0.5, 0.6) is 5.88 Å². The van der Waals surface area contributed by atoms with Crippen molar-refractivity contribution in [1.29, 1.82) is 0 Å². The van der Waals surface area contributed by atoms with Crippen LogP contribution in [-0.4, -0.2) is 17.1 Å². The number of ether oxygens (including phenoxy) is 1. The second-order valence-corrected chi connectivity index (χ2v) is 4.74. The van der Waals surface area contributed by atoms with Gasteiger partial charge >= 0.3 is 0 Å². The van der Waals surface area contributed by atoms with Gasteiger partial charge < -0.3 is 10.1 Å². The molecule has 4 nitrogen and oxygen atoms in total. The van der Waals surface area contributed by atoms with E-state index >= 15 is 0 Å². The lowest BCUT2D eigenvalue weighted by Gasteiger charge is -2.07. The Morgan fingerprint density at radius 3 is 2.89 bits per heavy atom. The number of methoxy groups -OCH3 is 1. The first-order chi connectivity index (χ1) is 8.69. The number of aromatic nitrogens is 2. The molecule has 0 bridgehead atoms. The van der Waals surface area contributed by atoms with Crippen LogP contribution in [0.4, 0.5) is 5.82 Å². The van der Waals surface area contributed by atoms with Gasteiger partial charge in [0, 0.05) is 11.0 Å². The molecule has 1 heterocycles. The number of rotatable bonds is 4. The van der Waals surface area contributed by atoms with E-state index in [9.17, 15) is 0 Å². The molecule has 0 radical (unpaired) electrons. The normalized spacial score (nSPS) is 10.2. The minimum atomic E-state index is 0.506. The summed E-state index contributed by atoms with van der Waals surface area (Å²) in [4.78, 5) is 8.28. The van der Waals surface area contributed by atoms with Crippen LogP contribution in [0.15, 0.2) is 35.1 Å². The van der Waals surface area contributed by atoms with E-state index < -0.39 is 0 Å². The Balaban J connectivity index is 2.04. The SMILES string of the molecule is COc1cncc(NCc2ccc(Br)c(C)c2)n1. The summed E-state index contributed by atoms with van der Waals surface area (Å²) in [6.45, 7) is 2.77. The zero-order chi connectivity index (χ0) is 13.0. The van der Waals surface area contributed by atoms with Crippen LogP contribution >= 0.6 is 15.9 Å². The van der Waals surface area contributed by atoms with Crippen molar-refractivity contribution in [3.8, 4) is 5.88 Å². The highest BCUT2D eigenvalue weighted by atomic mass is 79.9. The van der Waals surface area contributed by atoms with E-state index in [0.717, 1.165) is 4.47 Å². The molecule has 5 heteroatoms. The summed E-state index contributed by atoms with van der Waals surface area (Å²) in [5.41, 5.74) is 2.41. The van der Waals surface area contributed by atoms with E-state index in [2.05, 4.69) is 50.3 Å². The number of aryl methyl sites for hydroxylation is 1. The molecule has 0 saturated carbocycles. The van der Waals surface area contributed by atoms with Crippen LogP contribution < -0.4 is 10.1 Å². The summed E-state index contributed by atoms with van der Waals surface area (Å²) in [7, 11) is 1.58. The van der Waals surface area contributed by atoms with Gasteiger partial charge in [-0.3, -0.25) is 4.98 Å². The Bertz CT molecular complexity index is 546. The summed E-state index contributed by atoms with van der Waals surface area (Å²) in [5, 5.41) is 3.21. The largest absolute Gasteiger partial charge is 0.480 e. The summed E-state index contributed by atoms with van der Waals surface area (Å²) < 4.78 is 6.14. The summed E-state index contributed by atoms with van der Waals surface area (Å²) in [6, 6.07) is 6.24. The molecule has 1 aromatic carbocycles. The fraction of sp³-hybridized carbons (Fsp3) is 0.231. The summed E-state index contributed by atoms with van der Waals surface area (Å²) in [5.74, 6) is 1.21. The van der Waals surface area contributed by atoms with E-state index in [0.29, 0.717) is 18.2 Å². The lowest BCUT2D eigenvalue weighted by atomic mass is 10.1. The van der Waals surface area contributed by atoms with E-state index in [-0.39, 0.29) is 0 Å². The predicted octanol–water partition coefficient (Wildman–Crippen LogP) is 3.17. The van der Waals surface area contributed by atoms with E-state index in [1.807, 2.05) is 6.07 Å². The van der Waals surface area contributed by atoms with Crippen molar-refractivity contribution < 1.29 is 4.74 Å². The first-order valence-corrected chi connectivity index (χ1v) is 6.33. The Morgan fingerprint density at radius 1 is 1.33 bits per heavy atom. The maximum atomic E-state index is 5.02. The second-order valence-electron chi connectivity index (χ2n) is 3.88. The number of benzene rings is 1. The van der Waals surface area contributed by atoms with Gasteiger partial charge in [-0.2, -0.15) is 4.98 Å². The monoisotopic (exact) mass is 307 g/mol. The van der Waals surface area contributed by atoms with Crippen LogP contribution in [0.25, 0.3) is 0 Å². The first kappa shape index (κ1) is 12.8. The van der Waals surface area contributed by atoms with Crippen molar-refractivity contribution >= 4 is 21.7 Å². The molecule has 0 spiro atoms. The molecule has 0 amide bonds. The third kappa shape index (κ3) is 3.20. The average Bonchev–Trinajstić information content (AvgIpc) is 2.40. The molecule has 0 atom stereocenters. The standard InChI is InChI=1S/C13H14BrN3O/c1-9-5-10(3-4-11(9)14)6-16-12-7-15-8-13(17-12)18-2/h3-5,7-8H,6H2,1-2H3,(H,16,17). The van der Waals surface area contributed by atoms with Crippen molar-refractivity contribution in [2.24, 2.45) is 0 Å². The van der Waals surface area contributed by atoms with Crippen LogP contribution in [0, 0.1) is 6.92 Å². The minimum Gasteiger partial charge on any atom is -0.480 e. The fourth-order valence-corrected chi connectivity index (χ4v) is 1.79. The van der Waals surface area contributed by atoms with Crippen LogP contribution in [-0.2, 0) is 6.54 Å². The van der Waals surface area contributed by atoms with Gasteiger partial charge in [0.05, 0.1) is 19.5 Å². The highest BCUT2D eigenvalue weighted by molar-refractivity contribution is 9.10. The van der Waals surface area contributed by atoms with Crippen molar-refractivity contribution in [2.45, 2.75) is 13.5 Å². The Kier molecular flexibility index (Phi) is 4.15. The van der Waals surface area contributed by atoms with Gasteiger partial charge in [0.1, 0.15) is 5.82 Å². The van der Waals surface area contributed by atoms with Crippen molar-refractivity contribution in [1.82, 2.24) is 9.97 Å². The summed E-state index contributed by atoms with van der Waals surface area (Å²) >= 11 is 3.48. The summed E-state index contributed by atoms with van der Waals surface area (Å²) in [6.07, 6.45) is 3.25. The van der Waals surface area contributed by atoms with E-state index in [4.69, 9.17) is 4.74 Å².